The highest BCUT2D eigenvalue weighted by Crippen LogP contribution is 2.31. The van der Waals surface area contributed by atoms with Crippen LogP contribution in [-0.2, 0) is 10.2 Å². The Hall–Kier alpha value is -3.45. The van der Waals surface area contributed by atoms with Crippen LogP contribution in [0.2, 0.25) is 0 Å². The normalized spacial score (nSPS) is 11.4. The van der Waals surface area contributed by atoms with Gasteiger partial charge in [0.15, 0.2) is 11.0 Å². The molecule has 5 nitrogen and oxygen atoms in total. The van der Waals surface area contributed by atoms with E-state index in [2.05, 4.69) is 36.3 Å². The molecule has 0 unspecified atom stereocenters. The van der Waals surface area contributed by atoms with Crippen LogP contribution >= 0.6 is 11.8 Å². The lowest BCUT2D eigenvalue weighted by molar-refractivity contribution is -0.113. The van der Waals surface area contributed by atoms with E-state index in [-0.39, 0.29) is 22.9 Å². The van der Waals surface area contributed by atoms with Gasteiger partial charge in [-0.15, -0.1) is 10.2 Å². The minimum Gasteiger partial charge on any atom is -0.325 e. The van der Waals surface area contributed by atoms with Crippen LogP contribution < -0.4 is 5.32 Å². The maximum Gasteiger partial charge on any atom is 0.234 e. The zero-order valence-electron chi connectivity index (χ0n) is 19.7. The third-order valence-electron chi connectivity index (χ3n) is 5.38. The van der Waals surface area contributed by atoms with Gasteiger partial charge < -0.3 is 5.32 Å². The number of nitrogens with zero attached hydrogens (tertiary/aromatic N) is 3. The number of hydrogen-bond acceptors (Lipinski definition) is 4. The average Bonchev–Trinajstić information content (AvgIpc) is 3.22. The summed E-state index contributed by atoms with van der Waals surface area (Å²) in [6.45, 7) is 8.34. The molecule has 0 radical (unpaired) electrons. The Bertz CT molecular complexity index is 1310. The van der Waals surface area contributed by atoms with E-state index in [0.29, 0.717) is 16.5 Å². The van der Waals surface area contributed by atoms with Crippen molar-refractivity contribution < 1.29 is 9.18 Å². The number of halogens is 1. The summed E-state index contributed by atoms with van der Waals surface area (Å²) in [5, 5.41) is 12.1. The number of anilines is 1. The highest BCUT2D eigenvalue weighted by atomic mass is 32.2. The number of thioether (sulfide) groups is 1. The van der Waals surface area contributed by atoms with Gasteiger partial charge in [0, 0.05) is 11.4 Å². The van der Waals surface area contributed by atoms with Crippen molar-refractivity contribution >= 4 is 23.4 Å². The van der Waals surface area contributed by atoms with Gasteiger partial charge in [-0.3, -0.25) is 9.36 Å². The fraction of sp³-hybridized carbons (Fsp3) is 0.222. The number of carbonyl (C=O) groups is 1. The first-order valence-electron chi connectivity index (χ1n) is 11.0. The SMILES string of the molecule is Cc1ccc(-n2c(SCC(=O)Nc3ccccc3C(C)(C)C)nnc2-c2ccccc2F)cc1. The second-order valence-electron chi connectivity index (χ2n) is 9.09. The molecule has 0 spiro atoms. The Balaban J connectivity index is 1.61. The van der Waals surface area contributed by atoms with Gasteiger partial charge in [-0.2, -0.15) is 0 Å². The van der Waals surface area contributed by atoms with Crippen molar-refractivity contribution in [1.29, 1.82) is 0 Å². The van der Waals surface area contributed by atoms with Crippen LogP contribution in [-0.4, -0.2) is 26.4 Å². The first-order chi connectivity index (χ1) is 16.2. The van der Waals surface area contributed by atoms with Crippen molar-refractivity contribution in [3.8, 4) is 17.1 Å². The van der Waals surface area contributed by atoms with Gasteiger partial charge in [-0.1, -0.05) is 80.6 Å². The number of aromatic nitrogens is 3. The smallest absolute Gasteiger partial charge is 0.234 e. The molecule has 0 bridgehead atoms. The van der Waals surface area contributed by atoms with Gasteiger partial charge in [0.25, 0.3) is 0 Å². The predicted octanol–water partition coefficient (Wildman–Crippen LogP) is 6.41. The Morgan fingerprint density at radius 2 is 1.65 bits per heavy atom. The van der Waals surface area contributed by atoms with E-state index in [1.807, 2.05) is 55.5 Å². The summed E-state index contributed by atoms with van der Waals surface area (Å²) in [6, 6.07) is 22.1. The third-order valence-corrected chi connectivity index (χ3v) is 6.31. The number of benzene rings is 3. The number of para-hydroxylation sites is 1. The van der Waals surface area contributed by atoms with Crippen LogP contribution in [0.4, 0.5) is 10.1 Å². The number of nitrogens with one attached hydrogen (secondary N) is 1. The van der Waals surface area contributed by atoms with E-state index in [9.17, 15) is 9.18 Å². The summed E-state index contributed by atoms with van der Waals surface area (Å²) in [4.78, 5) is 12.8. The Morgan fingerprint density at radius 3 is 2.35 bits per heavy atom. The molecular formula is C27H27FN4OS. The molecule has 0 saturated carbocycles. The molecular weight excluding hydrogens is 447 g/mol. The molecule has 1 amide bonds. The van der Waals surface area contributed by atoms with Gasteiger partial charge in [0.05, 0.1) is 11.3 Å². The summed E-state index contributed by atoms with van der Waals surface area (Å²) >= 11 is 1.26. The van der Waals surface area contributed by atoms with E-state index in [1.165, 1.54) is 17.8 Å². The number of aryl methyl sites for hydroxylation is 1. The molecule has 0 aliphatic heterocycles. The lowest BCUT2D eigenvalue weighted by Gasteiger charge is -2.23. The summed E-state index contributed by atoms with van der Waals surface area (Å²) in [5.74, 6) is 0.00612. The molecule has 0 fully saturated rings. The van der Waals surface area contributed by atoms with Crippen molar-refractivity contribution in [3.63, 3.8) is 0 Å². The molecule has 1 N–H and O–H groups in total. The fourth-order valence-corrected chi connectivity index (χ4v) is 4.42. The van der Waals surface area contributed by atoms with Gasteiger partial charge >= 0.3 is 0 Å². The summed E-state index contributed by atoms with van der Waals surface area (Å²) in [7, 11) is 0. The summed E-state index contributed by atoms with van der Waals surface area (Å²) < 4.78 is 16.4. The Kier molecular flexibility index (Phi) is 6.84. The number of carbonyl (C=O) groups excluding carboxylic acids is 1. The molecule has 0 aliphatic rings. The van der Waals surface area contributed by atoms with Gasteiger partial charge in [0.2, 0.25) is 5.91 Å². The van der Waals surface area contributed by atoms with Crippen molar-refractivity contribution in [1.82, 2.24) is 14.8 Å². The largest absolute Gasteiger partial charge is 0.325 e. The highest BCUT2D eigenvalue weighted by Gasteiger charge is 2.21. The van der Waals surface area contributed by atoms with Crippen LogP contribution in [0.5, 0.6) is 0 Å². The molecule has 1 aromatic heterocycles. The average molecular weight is 475 g/mol. The summed E-state index contributed by atoms with van der Waals surface area (Å²) in [6.07, 6.45) is 0. The maximum atomic E-state index is 14.6. The molecule has 0 saturated heterocycles. The summed E-state index contributed by atoms with van der Waals surface area (Å²) in [5.41, 5.74) is 4.03. The Morgan fingerprint density at radius 1 is 0.971 bits per heavy atom. The zero-order valence-corrected chi connectivity index (χ0v) is 20.5. The van der Waals surface area contributed by atoms with Crippen molar-refractivity contribution in [2.45, 2.75) is 38.3 Å². The molecule has 174 valence electrons. The van der Waals surface area contributed by atoms with Crippen LogP contribution in [0.1, 0.15) is 31.9 Å². The second kappa shape index (κ2) is 9.81. The number of hydrogen-bond donors (Lipinski definition) is 1. The molecule has 4 aromatic rings. The first-order valence-corrected chi connectivity index (χ1v) is 12.0. The molecule has 34 heavy (non-hydrogen) atoms. The van der Waals surface area contributed by atoms with E-state index in [0.717, 1.165) is 22.5 Å². The van der Waals surface area contributed by atoms with E-state index >= 15 is 0 Å². The molecule has 7 heteroatoms. The van der Waals surface area contributed by atoms with Crippen LogP contribution in [0.25, 0.3) is 17.1 Å². The van der Waals surface area contributed by atoms with Crippen LogP contribution in [0.3, 0.4) is 0 Å². The molecule has 1 heterocycles. The zero-order chi connectivity index (χ0) is 24.3. The maximum absolute atomic E-state index is 14.6. The van der Waals surface area contributed by atoms with Gasteiger partial charge in [0.1, 0.15) is 5.82 Å². The molecule has 4 rings (SSSR count). The van der Waals surface area contributed by atoms with Crippen molar-refractivity contribution in [2.75, 3.05) is 11.1 Å². The van der Waals surface area contributed by atoms with Gasteiger partial charge in [-0.05, 0) is 48.2 Å². The first kappa shape index (κ1) is 23.7. The second-order valence-corrected chi connectivity index (χ2v) is 10.0. The molecule has 0 aliphatic carbocycles. The third kappa shape index (κ3) is 5.20. The minimum absolute atomic E-state index is 0.0999. The fourth-order valence-electron chi connectivity index (χ4n) is 3.67. The lowest BCUT2D eigenvalue weighted by atomic mass is 9.86. The Labute approximate surface area is 203 Å². The standard InChI is InChI=1S/C27H27FN4OS/c1-18-13-15-19(16-14-18)32-25(20-9-5-7-11-22(20)28)30-31-26(32)34-17-24(33)29-23-12-8-6-10-21(23)27(2,3)4/h5-16H,17H2,1-4H3,(H,29,33). The van der Waals surface area contributed by atoms with E-state index in [4.69, 9.17) is 0 Å². The number of amides is 1. The minimum atomic E-state index is -0.378. The lowest BCUT2D eigenvalue weighted by Crippen LogP contribution is -2.20. The van der Waals surface area contributed by atoms with Crippen molar-refractivity contribution in [3.05, 3.63) is 89.7 Å². The number of rotatable bonds is 6. The van der Waals surface area contributed by atoms with E-state index in [1.54, 1.807) is 22.8 Å². The molecule has 0 atom stereocenters. The van der Waals surface area contributed by atoms with Crippen LogP contribution in [0, 0.1) is 12.7 Å². The topological polar surface area (TPSA) is 59.8 Å². The van der Waals surface area contributed by atoms with Crippen molar-refractivity contribution in [2.24, 2.45) is 0 Å². The molecule has 3 aromatic carbocycles. The monoisotopic (exact) mass is 474 g/mol. The quantitative estimate of drug-likeness (QED) is 0.328. The van der Waals surface area contributed by atoms with E-state index < -0.39 is 0 Å². The highest BCUT2D eigenvalue weighted by molar-refractivity contribution is 7.99. The van der Waals surface area contributed by atoms with Gasteiger partial charge in [-0.25, -0.2) is 4.39 Å². The van der Waals surface area contributed by atoms with Crippen LogP contribution in [0.15, 0.2) is 78.0 Å². The predicted molar refractivity (Wildman–Crippen MR) is 136 cm³/mol.